The van der Waals surface area contributed by atoms with Crippen LogP contribution in [0.3, 0.4) is 0 Å². The molecule has 0 aromatic heterocycles. The molecule has 0 aromatic rings. The Morgan fingerprint density at radius 3 is 2.33 bits per heavy atom. The minimum absolute atomic E-state index is 0.389. The van der Waals surface area contributed by atoms with E-state index >= 15 is 0 Å². The van der Waals surface area contributed by atoms with Gasteiger partial charge in [-0.1, -0.05) is 0 Å². The molecule has 7 nitrogen and oxygen atoms in total. The van der Waals surface area contributed by atoms with Gasteiger partial charge in [-0.2, -0.15) is 0 Å². The monoisotopic (exact) mass is 223 g/mol. The van der Waals surface area contributed by atoms with Crippen LogP contribution in [0, 0.1) is 0 Å². The van der Waals surface area contributed by atoms with Crippen molar-refractivity contribution < 1.29 is 30.3 Å². The Morgan fingerprint density at radius 2 is 2.00 bits per heavy atom. The molecule has 1 fully saturated rings. The molecule has 15 heavy (non-hydrogen) atoms. The molecule has 7 heteroatoms. The molecule has 0 amide bonds. The van der Waals surface area contributed by atoms with Crippen molar-refractivity contribution in [1.82, 2.24) is 0 Å². The van der Waals surface area contributed by atoms with Crippen LogP contribution in [-0.4, -0.2) is 62.0 Å². The molecule has 1 rings (SSSR count). The van der Waals surface area contributed by atoms with Crippen LogP contribution in [0.4, 0.5) is 0 Å². The standard InChI is InChI=1S/C8H17NO6/c1-4-5(11)6(12)8(14,15-4)7(9,13)2-3-10/h4-6,10-14H,2-3,9H2,1H3/t4-,5+,6-,7?,8-/m0/s1. The molecule has 0 bridgehead atoms. The molecule has 1 aliphatic rings. The van der Waals surface area contributed by atoms with E-state index in [9.17, 15) is 20.4 Å². The van der Waals surface area contributed by atoms with E-state index in [1.807, 2.05) is 0 Å². The number of ether oxygens (including phenoxy) is 1. The van der Waals surface area contributed by atoms with Crippen LogP contribution < -0.4 is 5.73 Å². The normalized spacial score (nSPS) is 45.4. The Balaban J connectivity index is 2.92. The lowest BCUT2D eigenvalue weighted by atomic mass is 9.93. The van der Waals surface area contributed by atoms with Crippen LogP contribution in [0.25, 0.3) is 0 Å². The van der Waals surface area contributed by atoms with Crippen molar-refractivity contribution in [2.45, 2.75) is 43.2 Å². The minimum atomic E-state index is -2.48. The van der Waals surface area contributed by atoms with Gasteiger partial charge in [0.15, 0.2) is 5.72 Å². The molecule has 7 N–H and O–H groups in total. The zero-order valence-corrected chi connectivity index (χ0v) is 8.37. The smallest absolute Gasteiger partial charge is 0.238 e. The first-order valence-electron chi connectivity index (χ1n) is 4.64. The highest BCUT2D eigenvalue weighted by Gasteiger charge is 2.61. The molecule has 0 aliphatic carbocycles. The highest BCUT2D eigenvalue weighted by molar-refractivity contribution is 5.03. The van der Waals surface area contributed by atoms with Crippen LogP contribution in [0.15, 0.2) is 0 Å². The van der Waals surface area contributed by atoms with E-state index in [0.29, 0.717) is 0 Å². The van der Waals surface area contributed by atoms with Crippen LogP contribution >= 0.6 is 0 Å². The first kappa shape index (κ1) is 12.8. The second kappa shape index (κ2) is 3.95. The van der Waals surface area contributed by atoms with Crippen molar-refractivity contribution in [2.75, 3.05) is 6.61 Å². The van der Waals surface area contributed by atoms with Crippen molar-refractivity contribution in [1.29, 1.82) is 0 Å². The van der Waals surface area contributed by atoms with E-state index in [4.69, 9.17) is 15.6 Å². The van der Waals surface area contributed by atoms with Gasteiger partial charge in [0.2, 0.25) is 5.79 Å². The SMILES string of the molecule is C[C@@H]1O[C@](O)(C(N)(O)CCO)[C@@H](O)[C@@H]1O. The number of hydrogen-bond donors (Lipinski definition) is 6. The van der Waals surface area contributed by atoms with E-state index in [-0.39, 0.29) is 6.42 Å². The molecule has 0 radical (unpaired) electrons. The first-order chi connectivity index (χ1) is 6.76. The average Bonchev–Trinajstić information content (AvgIpc) is 2.32. The number of aliphatic hydroxyl groups excluding tert-OH is 3. The second-order valence-corrected chi connectivity index (χ2v) is 3.85. The van der Waals surface area contributed by atoms with Crippen molar-refractivity contribution in [3.63, 3.8) is 0 Å². The molecule has 0 saturated carbocycles. The molecule has 0 aromatic carbocycles. The summed E-state index contributed by atoms with van der Waals surface area (Å²) in [5, 5.41) is 47.0. The number of nitrogens with two attached hydrogens (primary N) is 1. The van der Waals surface area contributed by atoms with Gasteiger partial charge >= 0.3 is 0 Å². The van der Waals surface area contributed by atoms with Gasteiger partial charge in [0, 0.05) is 13.0 Å². The molecule has 1 unspecified atom stereocenters. The molecule has 0 spiro atoms. The van der Waals surface area contributed by atoms with Gasteiger partial charge in [-0.15, -0.1) is 0 Å². The predicted octanol–water partition coefficient (Wildman–Crippen LogP) is -3.15. The third kappa shape index (κ3) is 1.87. The van der Waals surface area contributed by atoms with Gasteiger partial charge in [0.1, 0.15) is 12.2 Å². The quantitative estimate of drug-likeness (QED) is 0.278. The van der Waals surface area contributed by atoms with Gasteiger partial charge in [-0.25, -0.2) is 0 Å². The van der Waals surface area contributed by atoms with Gasteiger partial charge in [0.05, 0.1) is 6.10 Å². The number of hydrogen-bond acceptors (Lipinski definition) is 7. The Bertz CT molecular complexity index is 235. The summed E-state index contributed by atoms with van der Waals surface area (Å²) < 4.78 is 4.86. The summed E-state index contributed by atoms with van der Waals surface area (Å²) in [6.45, 7) is 0.927. The summed E-state index contributed by atoms with van der Waals surface area (Å²) in [5.74, 6) is -2.48. The van der Waals surface area contributed by atoms with Crippen molar-refractivity contribution in [3.05, 3.63) is 0 Å². The average molecular weight is 223 g/mol. The first-order valence-corrected chi connectivity index (χ1v) is 4.64. The Labute approximate surface area is 86.7 Å². The summed E-state index contributed by atoms with van der Waals surface area (Å²) in [6.07, 6.45) is -4.32. The molecule has 1 aliphatic heterocycles. The van der Waals surface area contributed by atoms with E-state index in [0.717, 1.165) is 0 Å². The van der Waals surface area contributed by atoms with Gasteiger partial charge in [-0.3, -0.25) is 5.73 Å². The maximum atomic E-state index is 9.84. The fourth-order valence-electron chi connectivity index (χ4n) is 1.62. The summed E-state index contributed by atoms with van der Waals surface area (Å²) >= 11 is 0. The van der Waals surface area contributed by atoms with Crippen LogP contribution in [0.1, 0.15) is 13.3 Å². The highest BCUT2D eigenvalue weighted by Crippen LogP contribution is 2.36. The molecule has 90 valence electrons. The number of aliphatic hydroxyl groups is 5. The van der Waals surface area contributed by atoms with Crippen molar-refractivity contribution in [2.24, 2.45) is 5.73 Å². The van der Waals surface area contributed by atoms with E-state index < -0.39 is 36.4 Å². The van der Waals surface area contributed by atoms with Crippen molar-refractivity contribution >= 4 is 0 Å². The largest absolute Gasteiger partial charge is 0.396 e. The maximum absolute atomic E-state index is 9.84. The lowest BCUT2D eigenvalue weighted by molar-refractivity contribution is -0.316. The van der Waals surface area contributed by atoms with Crippen LogP contribution in [-0.2, 0) is 4.74 Å². The lowest BCUT2D eigenvalue weighted by Crippen LogP contribution is -2.66. The summed E-state index contributed by atoms with van der Waals surface area (Å²) in [6, 6.07) is 0. The summed E-state index contributed by atoms with van der Waals surface area (Å²) in [5.41, 5.74) is 3.00. The van der Waals surface area contributed by atoms with E-state index in [1.54, 1.807) is 0 Å². The molecule has 5 atom stereocenters. The molecular weight excluding hydrogens is 206 g/mol. The summed E-state index contributed by atoms with van der Waals surface area (Å²) in [7, 11) is 0. The van der Waals surface area contributed by atoms with Gasteiger partial charge in [-0.05, 0) is 6.92 Å². The zero-order chi connectivity index (χ0) is 11.9. The Hall–Kier alpha value is -0.280. The minimum Gasteiger partial charge on any atom is -0.396 e. The molecule has 1 heterocycles. The maximum Gasteiger partial charge on any atom is 0.238 e. The highest BCUT2D eigenvalue weighted by atomic mass is 16.7. The zero-order valence-electron chi connectivity index (χ0n) is 8.37. The predicted molar refractivity (Wildman–Crippen MR) is 48.4 cm³/mol. The summed E-state index contributed by atoms with van der Waals surface area (Å²) in [4.78, 5) is 0. The molecular formula is C8H17NO6. The van der Waals surface area contributed by atoms with Crippen LogP contribution in [0.5, 0.6) is 0 Å². The fraction of sp³-hybridized carbons (Fsp3) is 1.00. The number of rotatable bonds is 3. The fourth-order valence-corrected chi connectivity index (χ4v) is 1.62. The Morgan fingerprint density at radius 1 is 1.47 bits per heavy atom. The van der Waals surface area contributed by atoms with Gasteiger partial charge < -0.3 is 30.3 Å². The van der Waals surface area contributed by atoms with Crippen LogP contribution in [0.2, 0.25) is 0 Å². The second-order valence-electron chi connectivity index (χ2n) is 3.85. The van der Waals surface area contributed by atoms with E-state index in [1.165, 1.54) is 6.92 Å². The lowest BCUT2D eigenvalue weighted by Gasteiger charge is -2.38. The van der Waals surface area contributed by atoms with Crippen molar-refractivity contribution in [3.8, 4) is 0 Å². The third-order valence-corrected chi connectivity index (χ3v) is 2.68. The third-order valence-electron chi connectivity index (χ3n) is 2.68. The molecule has 1 saturated heterocycles. The Kier molecular flexibility index (Phi) is 3.36. The van der Waals surface area contributed by atoms with E-state index in [2.05, 4.69) is 0 Å². The van der Waals surface area contributed by atoms with Gasteiger partial charge in [0.25, 0.3) is 0 Å². The topological polar surface area (TPSA) is 136 Å².